The number of rotatable bonds is 6. The van der Waals surface area contributed by atoms with Crippen LogP contribution in [-0.4, -0.2) is 24.0 Å². The summed E-state index contributed by atoms with van der Waals surface area (Å²) < 4.78 is 10.8. The quantitative estimate of drug-likeness (QED) is 0.413. The van der Waals surface area contributed by atoms with Crippen molar-refractivity contribution in [1.29, 1.82) is 0 Å². The van der Waals surface area contributed by atoms with Gasteiger partial charge >= 0.3 is 0 Å². The van der Waals surface area contributed by atoms with Crippen LogP contribution in [0.15, 0.2) is 53.0 Å². The zero-order valence-electron chi connectivity index (χ0n) is 12.2. The van der Waals surface area contributed by atoms with E-state index in [-0.39, 0.29) is 13.0 Å². The summed E-state index contributed by atoms with van der Waals surface area (Å²) in [6, 6.07) is 15.6. The molecular formula is C17H17BrO4. The Kier molecular flexibility index (Phi) is 5.57. The van der Waals surface area contributed by atoms with Gasteiger partial charge in [-0.1, -0.05) is 40.2 Å². The maximum absolute atomic E-state index is 9.94. The third-order valence-corrected chi connectivity index (χ3v) is 3.65. The van der Waals surface area contributed by atoms with E-state index in [4.69, 9.17) is 4.74 Å². The first-order valence-electron chi connectivity index (χ1n) is 6.83. The highest BCUT2D eigenvalue weighted by Gasteiger charge is 2.22. The highest BCUT2D eigenvalue weighted by molar-refractivity contribution is 9.10. The van der Waals surface area contributed by atoms with Crippen LogP contribution in [0.3, 0.4) is 0 Å². The number of carbonyl (C=O) groups excluding carboxylic acids is 1. The van der Waals surface area contributed by atoms with Gasteiger partial charge in [0.1, 0.15) is 5.75 Å². The molecule has 1 unspecified atom stereocenters. The molecule has 22 heavy (non-hydrogen) atoms. The molecule has 0 saturated heterocycles. The van der Waals surface area contributed by atoms with E-state index in [2.05, 4.69) is 44.9 Å². The molecule has 4 nitrogen and oxygen atoms in total. The molecule has 0 fully saturated rings. The molecule has 0 saturated carbocycles. The van der Waals surface area contributed by atoms with Gasteiger partial charge in [-0.3, -0.25) is 4.79 Å². The highest BCUT2D eigenvalue weighted by Crippen LogP contribution is 2.21. The molecule has 0 radical (unpaired) electrons. The van der Waals surface area contributed by atoms with Crippen LogP contribution >= 0.6 is 15.9 Å². The summed E-state index contributed by atoms with van der Waals surface area (Å²) in [6.45, 7) is 1.98. The second kappa shape index (κ2) is 7.42. The number of benzene rings is 2. The lowest BCUT2D eigenvalue weighted by atomic mass is 10.1. The molecular weight excluding hydrogens is 348 g/mol. The van der Waals surface area contributed by atoms with Crippen molar-refractivity contribution in [2.75, 3.05) is 6.61 Å². The van der Waals surface area contributed by atoms with Gasteiger partial charge in [0, 0.05) is 17.8 Å². The largest absolute Gasteiger partial charge is 0.468 e. The standard InChI is InChI=1S/C11H13BrO4.C6H4/c1-11(14,6-7-15-8-13)16-10-4-2-9(12)3-5-10;1-2-6-4-3-5(1)6/h2-5,8,14H,6-7H2,1H3;1-4H. The Hall–Kier alpha value is -1.85. The minimum Gasteiger partial charge on any atom is -0.468 e. The molecule has 116 valence electrons. The lowest BCUT2D eigenvalue weighted by Gasteiger charge is -2.24. The van der Waals surface area contributed by atoms with Gasteiger partial charge in [0.2, 0.25) is 5.79 Å². The maximum atomic E-state index is 9.94. The molecule has 0 heterocycles. The molecule has 0 amide bonds. The molecule has 0 bridgehead atoms. The smallest absolute Gasteiger partial charge is 0.293 e. The summed E-state index contributed by atoms with van der Waals surface area (Å²) >= 11 is 3.30. The van der Waals surface area contributed by atoms with E-state index in [1.165, 1.54) is 17.4 Å². The third-order valence-electron chi connectivity index (χ3n) is 3.12. The Labute approximate surface area is 137 Å². The normalized spacial score (nSPS) is 13.2. The van der Waals surface area contributed by atoms with Gasteiger partial charge in [-0.25, -0.2) is 0 Å². The van der Waals surface area contributed by atoms with E-state index < -0.39 is 5.79 Å². The third kappa shape index (κ3) is 4.86. The monoisotopic (exact) mass is 364 g/mol. The molecule has 1 aromatic rings. The predicted octanol–water partition coefficient (Wildman–Crippen LogP) is 3.39. The average molecular weight is 365 g/mol. The summed E-state index contributed by atoms with van der Waals surface area (Å²) in [4.78, 5) is 9.94. The summed E-state index contributed by atoms with van der Waals surface area (Å²) in [5.74, 6) is -0.795. The van der Waals surface area contributed by atoms with Gasteiger partial charge in [-0.05, 0) is 34.7 Å². The van der Waals surface area contributed by atoms with E-state index in [9.17, 15) is 9.90 Å². The first-order valence-corrected chi connectivity index (χ1v) is 7.62. The van der Waals surface area contributed by atoms with Gasteiger partial charge in [-0.15, -0.1) is 0 Å². The minimum absolute atomic E-state index is 0.118. The Morgan fingerprint density at radius 1 is 1.09 bits per heavy atom. The molecule has 3 rings (SSSR count). The topological polar surface area (TPSA) is 55.8 Å². The number of hydrogen-bond acceptors (Lipinski definition) is 4. The number of carbonyl (C=O) groups is 1. The second-order valence-electron chi connectivity index (χ2n) is 5.03. The molecule has 2 aliphatic carbocycles. The SMILES string of the molecule is CC(O)(CCOC=O)Oc1ccc(Br)cc1.c1cc2ccc1=2. The van der Waals surface area contributed by atoms with Crippen molar-refractivity contribution >= 4 is 22.4 Å². The van der Waals surface area contributed by atoms with Crippen LogP contribution in [-0.2, 0) is 9.53 Å². The summed E-state index contributed by atoms with van der Waals surface area (Å²) in [5.41, 5.74) is 0. The molecule has 1 N–H and O–H groups in total. The molecule has 0 aliphatic heterocycles. The average Bonchev–Trinajstić information content (AvgIpc) is 2.46. The number of ether oxygens (including phenoxy) is 2. The van der Waals surface area contributed by atoms with Crippen molar-refractivity contribution in [2.24, 2.45) is 0 Å². The fraction of sp³-hybridized carbons (Fsp3) is 0.235. The van der Waals surface area contributed by atoms with Crippen LogP contribution in [0.25, 0.3) is 0 Å². The summed E-state index contributed by atoms with van der Waals surface area (Å²) in [7, 11) is 0. The van der Waals surface area contributed by atoms with E-state index in [0.29, 0.717) is 12.2 Å². The van der Waals surface area contributed by atoms with Gasteiger partial charge in [-0.2, -0.15) is 0 Å². The first-order chi connectivity index (χ1) is 10.5. The van der Waals surface area contributed by atoms with Gasteiger partial charge < -0.3 is 14.6 Å². The Morgan fingerprint density at radius 2 is 1.64 bits per heavy atom. The molecule has 0 aromatic heterocycles. The predicted molar refractivity (Wildman–Crippen MR) is 86.1 cm³/mol. The van der Waals surface area contributed by atoms with Crippen molar-refractivity contribution in [2.45, 2.75) is 19.1 Å². The van der Waals surface area contributed by atoms with Gasteiger partial charge in [0.25, 0.3) is 6.47 Å². The van der Waals surface area contributed by atoms with Crippen molar-refractivity contribution in [3.05, 3.63) is 63.4 Å². The number of aliphatic hydroxyl groups is 1. The van der Waals surface area contributed by atoms with E-state index in [0.717, 1.165) is 4.47 Å². The van der Waals surface area contributed by atoms with Crippen LogP contribution < -0.4 is 4.74 Å². The molecule has 5 heteroatoms. The molecule has 1 atom stereocenters. The van der Waals surface area contributed by atoms with Gasteiger partial charge in [0.15, 0.2) is 0 Å². The van der Waals surface area contributed by atoms with E-state index >= 15 is 0 Å². The van der Waals surface area contributed by atoms with E-state index in [1.54, 1.807) is 12.1 Å². The van der Waals surface area contributed by atoms with Crippen molar-refractivity contribution < 1.29 is 19.4 Å². The fourth-order valence-corrected chi connectivity index (χ4v) is 2.03. The fourth-order valence-electron chi connectivity index (χ4n) is 1.77. The molecule has 0 spiro atoms. The number of halogens is 1. The van der Waals surface area contributed by atoms with Crippen molar-refractivity contribution in [3.63, 3.8) is 0 Å². The van der Waals surface area contributed by atoms with Crippen molar-refractivity contribution in [1.82, 2.24) is 0 Å². The summed E-state index contributed by atoms with van der Waals surface area (Å²) in [5, 5.41) is 12.7. The Balaban J connectivity index is 0.000000238. The lowest BCUT2D eigenvalue weighted by Crippen LogP contribution is -2.33. The molecule has 1 aromatic carbocycles. The first kappa shape index (κ1) is 16.5. The van der Waals surface area contributed by atoms with Crippen LogP contribution in [0, 0.1) is 10.4 Å². The zero-order chi connectivity index (χ0) is 16.0. The Bertz CT molecular complexity index is 660. The highest BCUT2D eigenvalue weighted by atomic mass is 79.9. The van der Waals surface area contributed by atoms with Crippen LogP contribution in [0.1, 0.15) is 13.3 Å². The zero-order valence-corrected chi connectivity index (χ0v) is 13.7. The number of hydrogen-bond donors (Lipinski definition) is 1. The lowest BCUT2D eigenvalue weighted by molar-refractivity contribution is -0.145. The van der Waals surface area contributed by atoms with Crippen molar-refractivity contribution in [3.8, 4) is 5.75 Å². The van der Waals surface area contributed by atoms with Crippen LogP contribution in [0.4, 0.5) is 0 Å². The van der Waals surface area contributed by atoms with Gasteiger partial charge in [0.05, 0.1) is 6.61 Å². The van der Waals surface area contributed by atoms with Crippen LogP contribution in [0.2, 0.25) is 0 Å². The minimum atomic E-state index is -1.35. The maximum Gasteiger partial charge on any atom is 0.293 e. The molecule has 2 aliphatic rings. The Morgan fingerprint density at radius 3 is 2.05 bits per heavy atom. The summed E-state index contributed by atoms with van der Waals surface area (Å²) in [6.07, 6.45) is 0.210. The van der Waals surface area contributed by atoms with E-state index in [1.807, 2.05) is 12.1 Å². The second-order valence-corrected chi connectivity index (χ2v) is 5.94. The van der Waals surface area contributed by atoms with Crippen LogP contribution in [0.5, 0.6) is 5.75 Å².